The van der Waals surface area contributed by atoms with Gasteiger partial charge in [-0.3, -0.25) is 9.03 Å². The molecule has 2 aromatic rings. The fourth-order valence-corrected chi connectivity index (χ4v) is 6.20. The molecule has 1 heterocycles. The summed E-state index contributed by atoms with van der Waals surface area (Å²) in [4.78, 5) is -0.325. The molecule has 0 aromatic heterocycles. The van der Waals surface area contributed by atoms with Crippen molar-refractivity contribution in [3.8, 4) is 0 Å². The molecule has 1 aliphatic heterocycles. The molecule has 29 heavy (non-hydrogen) atoms. The molecule has 0 atom stereocenters. The van der Waals surface area contributed by atoms with Crippen LogP contribution in [0.4, 0.5) is 11.4 Å². The third-order valence-corrected chi connectivity index (χ3v) is 8.29. The van der Waals surface area contributed by atoms with Gasteiger partial charge >= 0.3 is 0 Å². The van der Waals surface area contributed by atoms with Crippen LogP contribution < -0.4 is 13.7 Å². The van der Waals surface area contributed by atoms with Gasteiger partial charge in [0, 0.05) is 12.1 Å². The maximum absolute atomic E-state index is 13.3. The van der Waals surface area contributed by atoms with E-state index in [1.807, 2.05) is 0 Å². The first-order chi connectivity index (χ1) is 13.5. The van der Waals surface area contributed by atoms with E-state index in [9.17, 15) is 25.3 Å². The molecule has 0 unspecified atom stereocenters. The van der Waals surface area contributed by atoms with E-state index >= 15 is 0 Å². The van der Waals surface area contributed by atoms with Gasteiger partial charge in [-0.05, 0) is 50.2 Å². The van der Waals surface area contributed by atoms with Crippen molar-refractivity contribution in [1.82, 2.24) is 4.72 Å². The number of sulfonamides is 3. The van der Waals surface area contributed by atoms with E-state index in [2.05, 4.69) is 9.44 Å². The van der Waals surface area contributed by atoms with Crippen LogP contribution in [-0.2, 0) is 36.5 Å². The topological polar surface area (TPSA) is 130 Å². The monoisotopic (exact) mass is 459 g/mol. The van der Waals surface area contributed by atoms with Crippen molar-refractivity contribution in [2.45, 2.75) is 22.6 Å². The minimum atomic E-state index is -4.06. The second kappa shape index (κ2) is 7.59. The normalized spacial score (nSPS) is 15.0. The van der Waals surface area contributed by atoms with Crippen LogP contribution in [0.15, 0.2) is 52.3 Å². The Kier molecular flexibility index (Phi) is 5.64. The Balaban J connectivity index is 2.10. The van der Waals surface area contributed by atoms with Crippen LogP contribution in [0.3, 0.4) is 0 Å². The van der Waals surface area contributed by atoms with Gasteiger partial charge < -0.3 is 0 Å². The summed E-state index contributed by atoms with van der Waals surface area (Å²) in [6.45, 7) is 0.195. The third-order valence-electron chi connectivity index (χ3n) is 4.48. The summed E-state index contributed by atoms with van der Waals surface area (Å²) >= 11 is 0. The van der Waals surface area contributed by atoms with Crippen molar-refractivity contribution in [2.75, 3.05) is 28.9 Å². The van der Waals surface area contributed by atoms with Crippen LogP contribution in [0.2, 0.25) is 0 Å². The number of rotatable bonds is 6. The van der Waals surface area contributed by atoms with Crippen molar-refractivity contribution in [1.29, 1.82) is 0 Å². The summed E-state index contributed by atoms with van der Waals surface area (Å²) in [6.07, 6.45) is 2.02. The van der Waals surface area contributed by atoms with Crippen molar-refractivity contribution < 1.29 is 25.3 Å². The highest BCUT2D eigenvalue weighted by molar-refractivity contribution is 7.93. The molecule has 158 valence electrons. The Hall–Kier alpha value is -2.15. The standard InChI is InChI=1S/C17H21N3O6S3/c1-18-28(23,24)13-6-3-7-14(12-13)29(25,26)20-11-5-8-15-16(19-27(2,21)22)9-4-10-17(15)20/h3-4,6-7,9-10,12,18-19H,5,8,11H2,1-2H3. The van der Waals surface area contributed by atoms with Gasteiger partial charge in [0.05, 0.1) is 27.4 Å². The number of fused-ring (bicyclic) bond motifs is 1. The first kappa shape index (κ1) is 21.6. The third kappa shape index (κ3) is 4.39. The summed E-state index contributed by atoms with van der Waals surface area (Å²) in [5.41, 5.74) is 1.27. The summed E-state index contributed by atoms with van der Waals surface area (Å²) < 4.78 is 79.7. The molecule has 1 aliphatic rings. The van der Waals surface area contributed by atoms with Crippen LogP contribution in [-0.4, -0.2) is 45.1 Å². The van der Waals surface area contributed by atoms with Crippen LogP contribution in [0.1, 0.15) is 12.0 Å². The molecule has 3 rings (SSSR count). The van der Waals surface area contributed by atoms with Gasteiger partial charge in [-0.15, -0.1) is 0 Å². The Morgan fingerprint density at radius 3 is 2.24 bits per heavy atom. The van der Waals surface area contributed by atoms with E-state index in [1.165, 1.54) is 29.6 Å². The molecule has 2 N–H and O–H groups in total. The number of hydrogen-bond acceptors (Lipinski definition) is 6. The minimum absolute atomic E-state index is 0.161. The molecule has 0 fully saturated rings. The molecule has 0 amide bonds. The van der Waals surface area contributed by atoms with Crippen LogP contribution in [0, 0.1) is 0 Å². The molecule has 0 saturated heterocycles. The quantitative estimate of drug-likeness (QED) is 0.666. The van der Waals surface area contributed by atoms with E-state index < -0.39 is 30.1 Å². The zero-order valence-corrected chi connectivity index (χ0v) is 18.2. The van der Waals surface area contributed by atoms with Crippen LogP contribution in [0.25, 0.3) is 0 Å². The predicted molar refractivity (Wildman–Crippen MR) is 110 cm³/mol. The number of nitrogens with zero attached hydrogens (tertiary/aromatic N) is 1. The van der Waals surface area contributed by atoms with Gasteiger partial charge in [0.25, 0.3) is 10.0 Å². The Labute approximate surface area is 170 Å². The van der Waals surface area contributed by atoms with Gasteiger partial charge in [0.1, 0.15) is 0 Å². The number of benzene rings is 2. The highest BCUT2D eigenvalue weighted by atomic mass is 32.2. The van der Waals surface area contributed by atoms with Crippen molar-refractivity contribution in [2.24, 2.45) is 0 Å². The number of anilines is 2. The first-order valence-electron chi connectivity index (χ1n) is 8.62. The Morgan fingerprint density at radius 2 is 1.59 bits per heavy atom. The Morgan fingerprint density at radius 1 is 0.931 bits per heavy atom. The highest BCUT2D eigenvalue weighted by Gasteiger charge is 2.31. The fraction of sp³-hybridized carbons (Fsp3) is 0.294. The molecule has 0 radical (unpaired) electrons. The van der Waals surface area contributed by atoms with Crippen LogP contribution in [0.5, 0.6) is 0 Å². The summed E-state index contributed by atoms with van der Waals surface area (Å²) in [6, 6.07) is 9.86. The molecule has 12 heteroatoms. The summed E-state index contributed by atoms with van der Waals surface area (Å²) in [7, 11) is -10.2. The second-order valence-corrected chi connectivity index (χ2v) is 12.0. The maximum Gasteiger partial charge on any atom is 0.264 e. The van der Waals surface area contributed by atoms with Crippen molar-refractivity contribution in [3.63, 3.8) is 0 Å². The van der Waals surface area contributed by atoms with Crippen LogP contribution >= 0.6 is 0 Å². The van der Waals surface area contributed by atoms with Gasteiger partial charge in [0.15, 0.2) is 0 Å². The first-order valence-corrected chi connectivity index (χ1v) is 13.4. The summed E-state index contributed by atoms with van der Waals surface area (Å²) in [5.74, 6) is 0. The van der Waals surface area contributed by atoms with Gasteiger partial charge in [-0.1, -0.05) is 12.1 Å². The van der Waals surface area contributed by atoms with E-state index in [0.717, 1.165) is 12.3 Å². The lowest BCUT2D eigenvalue weighted by Crippen LogP contribution is -2.36. The highest BCUT2D eigenvalue weighted by Crippen LogP contribution is 2.36. The SMILES string of the molecule is CNS(=O)(=O)c1cccc(S(=O)(=O)N2CCCc3c(NS(C)(=O)=O)cccc32)c1. The van der Waals surface area contributed by atoms with E-state index in [1.54, 1.807) is 18.2 Å². The lowest BCUT2D eigenvalue weighted by molar-refractivity contribution is 0.585. The largest absolute Gasteiger partial charge is 0.283 e. The van der Waals surface area contributed by atoms with E-state index in [4.69, 9.17) is 0 Å². The van der Waals surface area contributed by atoms with Crippen molar-refractivity contribution >= 4 is 41.4 Å². The lowest BCUT2D eigenvalue weighted by Gasteiger charge is -2.31. The lowest BCUT2D eigenvalue weighted by atomic mass is 10.0. The average Bonchev–Trinajstić information content (AvgIpc) is 2.66. The minimum Gasteiger partial charge on any atom is -0.283 e. The molecule has 0 saturated carbocycles. The molecule has 9 nitrogen and oxygen atoms in total. The smallest absolute Gasteiger partial charge is 0.264 e. The predicted octanol–water partition coefficient (Wildman–Crippen LogP) is 1.11. The van der Waals surface area contributed by atoms with Gasteiger partial charge in [-0.2, -0.15) is 0 Å². The summed E-state index contributed by atoms with van der Waals surface area (Å²) in [5, 5.41) is 0. The Bertz CT molecular complexity index is 1260. The molecule has 2 aromatic carbocycles. The van der Waals surface area contributed by atoms with Crippen molar-refractivity contribution in [3.05, 3.63) is 48.0 Å². The molecule has 0 aliphatic carbocycles. The molecular weight excluding hydrogens is 438 g/mol. The number of hydrogen-bond donors (Lipinski definition) is 2. The zero-order chi connectivity index (χ0) is 21.4. The molecule has 0 bridgehead atoms. The van der Waals surface area contributed by atoms with E-state index in [-0.39, 0.29) is 16.3 Å². The maximum atomic E-state index is 13.3. The average molecular weight is 460 g/mol. The second-order valence-electron chi connectivity index (χ2n) is 6.54. The zero-order valence-electron chi connectivity index (χ0n) is 15.8. The fourth-order valence-electron chi connectivity index (χ4n) is 3.18. The van der Waals surface area contributed by atoms with Gasteiger partial charge in [0.2, 0.25) is 20.0 Å². The van der Waals surface area contributed by atoms with E-state index in [0.29, 0.717) is 29.8 Å². The molecule has 0 spiro atoms. The molecular formula is C17H21N3O6S3. The number of nitrogens with one attached hydrogen (secondary N) is 2. The van der Waals surface area contributed by atoms with Gasteiger partial charge in [-0.25, -0.2) is 30.0 Å².